The first-order valence-electron chi connectivity index (χ1n) is 9.05. The molecule has 3 heterocycles. The molecule has 2 aromatic heterocycles. The highest BCUT2D eigenvalue weighted by Crippen LogP contribution is 2.43. The molecule has 0 radical (unpaired) electrons. The van der Waals surface area contributed by atoms with Gasteiger partial charge >= 0.3 is 0 Å². The Balaban J connectivity index is 1.53. The Bertz CT molecular complexity index is 1120. The van der Waals surface area contributed by atoms with Crippen molar-refractivity contribution in [3.63, 3.8) is 0 Å². The van der Waals surface area contributed by atoms with Crippen LogP contribution in [0, 0.1) is 0 Å². The highest BCUT2D eigenvalue weighted by molar-refractivity contribution is 5.99. The zero-order valence-electron chi connectivity index (χ0n) is 15.6. The zero-order chi connectivity index (χ0) is 19.5. The quantitative estimate of drug-likeness (QED) is 0.673. The van der Waals surface area contributed by atoms with Crippen LogP contribution in [0.2, 0.25) is 0 Å². The van der Waals surface area contributed by atoms with E-state index in [1.165, 1.54) is 0 Å². The van der Waals surface area contributed by atoms with Crippen LogP contribution in [0.25, 0.3) is 11.4 Å². The number of nitrogen functional groups attached to an aromatic ring is 1. The number of aromatic nitrogens is 4. The molecule has 1 aliphatic carbocycles. The van der Waals surface area contributed by atoms with Crippen molar-refractivity contribution < 1.29 is 14.3 Å². The summed E-state index contributed by atoms with van der Waals surface area (Å²) in [6.45, 7) is 4.40. The lowest BCUT2D eigenvalue weighted by atomic mass is 9.72. The van der Waals surface area contributed by atoms with E-state index in [4.69, 9.17) is 15.2 Å². The van der Waals surface area contributed by atoms with Gasteiger partial charge in [0.25, 0.3) is 0 Å². The van der Waals surface area contributed by atoms with E-state index in [2.05, 4.69) is 34.0 Å². The first-order chi connectivity index (χ1) is 13.4. The average molecular weight is 377 g/mol. The average Bonchev–Trinajstić information content (AvgIpc) is 3.29. The summed E-state index contributed by atoms with van der Waals surface area (Å²) >= 11 is 0. The SMILES string of the molecule is CC1(C)Cc2cnc(N)nc2-c2n[nH]c(C(=O)Cc3ccc4c(c3)OCO4)c21. The third-order valence-corrected chi connectivity index (χ3v) is 5.26. The number of nitrogens with zero attached hydrogens (tertiary/aromatic N) is 3. The van der Waals surface area contributed by atoms with Gasteiger partial charge in [0.2, 0.25) is 12.7 Å². The minimum absolute atomic E-state index is 0.0360. The van der Waals surface area contributed by atoms with E-state index in [9.17, 15) is 4.79 Å². The summed E-state index contributed by atoms with van der Waals surface area (Å²) in [5.41, 5.74) is 10.1. The van der Waals surface area contributed by atoms with Gasteiger partial charge in [-0.2, -0.15) is 5.10 Å². The molecule has 0 saturated heterocycles. The molecule has 1 aliphatic heterocycles. The van der Waals surface area contributed by atoms with Crippen LogP contribution in [-0.4, -0.2) is 32.7 Å². The Kier molecular flexibility index (Phi) is 3.46. The number of ether oxygens (including phenoxy) is 2. The summed E-state index contributed by atoms with van der Waals surface area (Å²) in [5, 5.41) is 7.37. The maximum atomic E-state index is 13.1. The molecular formula is C20H19N5O3. The number of hydrogen-bond acceptors (Lipinski definition) is 7. The van der Waals surface area contributed by atoms with E-state index >= 15 is 0 Å². The number of rotatable bonds is 3. The van der Waals surface area contributed by atoms with Crippen molar-refractivity contribution in [3.05, 3.63) is 46.8 Å². The minimum atomic E-state index is -0.283. The lowest BCUT2D eigenvalue weighted by Crippen LogP contribution is -2.28. The number of Topliss-reactive ketones (excluding diaryl/α,β-unsaturated/α-hetero) is 1. The second-order valence-electron chi connectivity index (χ2n) is 7.77. The molecule has 0 amide bonds. The third-order valence-electron chi connectivity index (χ3n) is 5.26. The molecule has 5 rings (SSSR count). The molecule has 0 atom stereocenters. The number of H-pyrrole nitrogens is 1. The standard InChI is InChI=1S/C20H19N5O3/c1-20(2)7-11-8-22-19(21)23-16(11)18-15(20)17(24-25-18)12(26)5-10-3-4-13-14(6-10)28-9-27-13/h3-4,6,8H,5,7,9H2,1-2H3,(H,24,25)(H2,21,22,23). The highest BCUT2D eigenvalue weighted by atomic mass is 16.7. The molecule has 0 saturated carbocycles. The molecule has 2 aliphatic rings. The van der Waals surface area contributed by atoms with Crippen molar-refractivity contribution in [2.24, 2.45) is 0 Å². The van der Waals surface area contributed by atoms with Crippen LogP contribution >= 0.6 is 0 Å². The molecule has 1 aromatic carbocycles. The van der Waals surface area contributed by atoms with Crippen LogP contribution in [0.4, 0.5) is 5.95 Å². The minimum Gasteiger partial charge on any atom is -0.454 e. The fourth-order valence-corrected chi connectivity index (χ4v) is 4.02. The molecule has 3 aromatic rings. The summed E-state index contributed by atoms with van der Waals surface area (Å²) in [7, 11) is 0. The third kappa shape index (κ3) is 2.52. The van der Waals surface area contributed by atoms with Crippen molar-refractivity contribution in [1.29, 1.82) is 0 Å². The molecule has 8 heteroatoms. The Morgan fingerprint density at radius 2 is 2.07 bits per heavy atom. The largest absolute Gasteiger partial charge is 0.454 e. The van der Waals surface area contributed by atoms with Crippen LogP contribution in [-0.2, 0) is 18.3 Å². The second kappa shape index (κ2) is 5.79. The molecule has 0 bridgehead atoms. The van der Waals surface area contributed by atoms with E-state index in [1.807, 2.05) is 18.2 Å². The Labute approximate surface area is 161 Å². The number of anilines is 1. The van der Waals surface area contributed by atoms with Crippen molar-refractivity contribution in [1.82, 2.24) is 20.2 Å². The number of ketones is 1. The summed E-state index contributed by atoms with van der Waals surface area (Å²) < 4.78 is 10.7. The Morgan fingerprint density at radius 1 is 1.25 bits per heavy atom. The van der Waals surface area contributed by atoms with Gasteiger partial charge < -0.3 is 15.2 Å². The van der Waals surface area contributed by atoms with Crippen LogP contribution in [0.5, 0.6) is 11.5 Å². The number of aromatic amines is 1. The number of carbonyl (C=O) groups excluding carboxylic acids is 1. The van der Waals surface area contributed by atoms with E-state index in [0.29, 0.717) is 35.0 Å². The van der Waals surface area contributed by atoms with Crippen LogP contribution in [0.15, 0.2) is 24.4 Å². The van der Waals surface area contributed by atoms with E-state index in [0.717, 1.165) is 16.7 Å². The number of fused-ring (bicyclic) bond motifs is 4. The van der Waals surface area contributed by atoms with Gasteiger partial charge in [0, 0.05) is 18.2 Å². The fourth-order valence-electron chi connectivity index (χ4n) is 4.02. The maximum absolute atomic E-state index is 13.1. The smallest absolute Gasteiger partial charge is 0.231 e. The van der Waals surface area contributed by atoms with E-state index < -0.39 is 0 Å². The number of hydrogen-bond donors (Lipinski definition) is 2. The van der Waals surface area contributed by atoms with Crippen LogP contribution in [0.1, 0.15) is 41.0 Å². The van der Waals surface area contributed by atoms with Crippen molar-refractivity contribution in [2.75, 3.05) is 12.5 Å². The first-order valence-corrected chi connectivity index (χ1v) is 9.05. The van der Waals surface area contributed by atoms with Crippen molar-refractivity contribution in [3.8, 4) is 22.9 Å². The predicted molar refractivity (Wildman–Crippen MR) is 101 cm³/mol. The number of nitrogens with two attached hydrogens (primary N) is 1. The van der Waals surface area contributed by atoms with Crippen molar-refractivity contribution >= 4 is 11.7 Å². The van der Waals surface area contributed by atoms with E-state index in [-0.39, 0.29) is 30.4 Å². The van der Waals surface area contributed by atoms with Crippen LogP contribution < -0.4 is 15.2 Å². The number of nitrogens with one attached hydrogen (secondary N) is 1. The summed E-state index contributed by atoms with van der Waals surface area (Å²) in [4.78, 5) is 21.6. The lowest BCUT2D eigenvalue weighted by Gasteiger charge is -2.30. The van der Waals surface area contributed by atoms with Gasteiger partial charge in [0.1, 0.15) is 11.4 Å². The Morgan fingerprint density at radius 3 is 2.93 bits per heavy atom. The molecule has 8 nitrogen and oxygen atoms in total. The van der Waals surface area contributed by atoms with Gasteiger partial charge in [-0.1, -0.05) is 19.9 Å². The van der Waals surface area contributed by atoms with Gasteiger partial charge in [-0.05, 0) is 35.1 Å². The van der Waals surface area contributed by atoms with Crippen molar-refractivity contribution in [2.45, 2.75) is 32.1 Å². The normalized spacial score (nSPS) is 15.8. The first kappa shape index (κ1) is 16.7. The van der Waals surface area contributed by atoms with Crippen LogP contribution in [0.3, 0.4) is 0 Å². The molecule has 0 fully saturated rings. The fraction of sp³-hybridized carbons (Fsp3) is 0.300. The maximum Gasteiger partial charge on any atom is 0.231 e. The summed E-state index contributed by atoms with van der Waals surface area (Å²) in [6, 6.07) is 5.55. The van der Waals surface area contributed by atoms with Gasteiger partial charge in [0.15, 0.2) is 17.3 Å². The molecule has 142 valence electrons. The van der Waals surface area contributed by atoms with Gasteiger partial charge in [-0.3, -0.25) is 9.89 Å². The number of benzene rings is 1. The predicted octanol–water partition coefficient (Wildman–Crippen LogP) is 2.44. The zero-order valence-corrected chi connectivity index (χ0v) is 15.6. The summed E-state index contributed by atoms with van der Waals surface area (Å²) in [6.07, 6.45) is 2.69. The summed E-state index contributed by atoms with van der Waals surface area (Å²) in [5.74, 6) is 1.52. The molecule has 0 unspecified atom stereocenters. The lowest BCUT2D eigenvalue weighted by molar-refractivity contribution is 0.0986. The molecule has 0 spiro atoms. The Hall–Kier alpha value is -3.42. The van der Waals surface area contributed by atoms with Gasteiger partial charge in [0.05, 0.1) is 5.69 Å². The van der Waals surface area contributed by atoms with E-state index in [1.54, 1.807) is 6.20 Å². The van der Waals surface area contributed by atoms with Gasteiger partial charge in [-0.15, -0.1) is 0 Å². The monoisotopic (exact) mass is 377 g/mol. The number of carbonyl (C=O) groups is 1. The molecule has 28 heavy (non-hydrogen) atoms. The topological polar surface area (TPSA) is 116 Å². The molecule has 3 N–H and O–H groups in total. The van der Waals surface area contributed by atoms with Gasteiger partial charge in [-0.25, -0.2) is 9.97 Å². The highest BCUT2D eigenvalue weighted by Gasteiger charge is 2.38. The molecular weight excluding hydrogens is 358 g/mol. The second-order valence-corrected chi connectivity index (χ2v) is 7.77.